The molecule has 0 atom stereocenters. The molecule has 0 radical (unpaired) electrons. The number of likely N-dealkylation sites (tertiary alicyclic amines) is 1. The first kappa shape index (κ1) is 20.4. The zero-order valence-electron chi connectivity index (χ0n) is 17.0. The summed E-state index contributed by atoms with van der Waals surface area (Å²) in [6, 6.07) is 7.33. The van der Waals surface area contributed by atoms with Crippen LogP contribution < -0.4 is 10.1 Å². The van der Waals surface area contributed by atoms with Crippen molar-refractivity contribution in [2.24, 2.45) is 13.0 Å². The molecular formula is C21H30N4O3. The van der Waals surface area contributed by atoms with Crippen molar-refractivity contribution in [3.63, 3.8) is 0 Å². The van der Waals surface area contributed by atoms with E-state index in [4.69, 9.17) is 9.47 Å². The molecule has 7 heteroatoms. The predicted molar refractivity (Wildman–Crippen MR) is 109 cm³/mol. The minimum absolute atomic E-state index is 0.120. The lowest BCUT2D eigenvalue weighted by Gasteiger charge is -2.31. The van der Waals surface area contributed by atoms with Crippen molar-refractivity contribution in [2.75, 3.05) is 45.8 Å². The SMILES string of the molecule is COCCN1CCC(Cc2nn(C)cc2C(=O)Nc2ccc(OC)cc2)CC1. The summed E-state index contributed by atoms with van der Waals surface area (Å²) in [5.74, 6) is 1.20. The number of hydrogen-bond donors (Lipinski definition) is 1. The number of methoxy groups -OCH3 is 2. The Hall–Kier alpha value is -2.38. The first-order valence-electron chi connectivity index (χ1n) is 9.78. The van der Waals surface area contributed by atoms with Crippen LogP contribution in [0.5, 0.6) is 5.75 Å². The maximum absolute atomic E-state index is 12.8. The van der Waals surface area contributed by atoms with E-state index < -0.39 is 0 Å². The highest BCUT2D eigenvalue weighted by Crippen LogP contribution is 2.23. The number of rotatable bonds is 8. The summed E-state index contributed by atoms with van der Waals surface area (Å²) in [7, 11) is 5.23. The minimum Gasteiger partial charge on any atom is -0.497 e. The van der Waals surface area contributed by atoms with Gasteiger partial charge in [0.15, 0.2) is 0 Å². The lowest BCUT2D eigenvalue weighted by molar-refractivity contribution is 0.102. The molecular weight excluding hydrogens is 356 g/mol. The number of benzene rings is 1. The summed E-state index contributed by atoms with van der Waals surface area (Å²) in [5, 5.41) is 7.53. The number of aromatic nitrogens is 2. The third-order valence-corrected chi connectivity index (χ3v) is 5.30. The Morgan fingerprint density at radius 2 is 1.93 bits per heavy atom. The summed E-state index contributed by atoms with van der Waals surface area (Å²) in [5.41, 5.74) is 2.27. The highest BCUT2D eigenvalue weighted by atomic mass is 16.5. The molecule has 0 bridgehead atoms. The second-order valence-electron chi connectivity index (χ2n) is 7.33. The number of hydrogen-bond acceptors (Lipinski definition) is 5. The summed E-state index contributed by atoms with van der Waals surface area (Å²) >= 11 is 0. The smallest absolute Gasteiger partial charge is 0.259 e. The second-order valence-corrected chi connectivity index (χ2v) is 7.33. The van der Waals surface area contributed by atoms with Gasteiger partial charge in [0.25, 0.3) is 5.91 Å². The van der Waals surface area contributed by atoms with E-state index in [1.807, 2.05) is 37.5 Å². The summed E-state index contributed by atoms with van der Waals surface area (Å²) in [4.78, 5) is 15.2. The Morgan fingerprint density at radius 3 is 2.57 bits per heavy atom. The standard InChI is InChI=1S/C21H30N4O3/c1-24-15-19(21(26)22-17-4-6-18(28-3)7-5-17)20(23-24)14-16-8-10-25(11-9-16)12-13-27-2/h4-7,15-16H,8-14H2,1-3H3,(H,22,26). The Kier molecular flexibility index (Phi) is 7.06. The van der Waals surface area contributed by atoms with Gasteiger partial charge in [0.2, 0.25) is 0 Å². The number of amides is 1. The van der Waals surface area contributed by atoms with Crippen LogP contribution >= 0.6 is 0 Å². The zero-order chi connectivity index (χ0) is 19.9. The average molecular weight is 386 g/mol. The number of carbonyl (C=O) groups is 1. The molecule has 1 fully saturated rings. The predicted octanol–water partition coefficient (Wildman–Crippen LogP) is 2.58. The van der Waals surface area contributed by atoms with Gasteiger partial charge in [-0.2, -0.15) is 5.10 Å². The van der Waals surface area contributed by atoms with Gasteiger partial charge in [-0.1, -0.05) is 0 Å². The van der Waals surface area contributed by atoms with Crippen molar-refractivity contribution in [3.05, 3.63) is 41.7 Å². The van der Waals surface area contributed by atoms with Crippen LogP contribution in [-0.2, 0) is 18.2 Å². The number of nitrogens with zero attached hydrogens (tertiary/aromatic N) is 3. The Morgan fingerprint density at radius 1 is 1.21 bits per heavy atom. The molecule has 152 valence electrons. The molecule has 1 aromatic heterocycles. The van der Waals surface area contributed by atoms with Crippen molar-refractivity contribution < 1.29 is 14.3 Å². The van der Waals surface area contributed by atoms with Crippen molar-refractivity contribution in [2.45, 2.75) is 19.3 Å². The van der Waals surface area contributed by atoms with Gasteiger partial charge in [0.05, 0.1) is 25.0 Å². The maximum atomic E-state index is 12.8. The Labute approximate surface area is 166 Å². The van der Waals surface area contributed by atoms with E-state index in [0.717, 1.165) is 62.6 Å². The minimum atomic E-state index is -0.120. The van der Waals surface area contributed by atoms with Gasteiger partial charge in [0.1, 0.15) is 5.75 Å². The fraction of sp³-hybridized carbons (Fsp3) is 0.524. The molecule has 0 unspecified atom stereocenters. The summed E-state index contributed by atoms with van der Waals surface area (Å²) < 4.78 is 12.1. The van der Waals surface area contributed by atoms with Gasteiger partial charge in [0, 0.05) is 32.6 Å². The second kappa shape index (κ2) is 9.71. The van der Waals surface area contributed by atoms with Crippen molar-refractivity contribution in [1.82, 2.24) is 14.7 Å². The van der Waals surface area contributed by atoms with E-state index in [1.54, 1.807) is 18.9 Å². The monoisotopic (exact) mass is 386 g/mol. The first-order chi connectivity index (χ1) is 13.6. The highest BCUT2D eigenvalue weighted by molar-refractivity contribution is 6.04. The molecule has 1 aliphatic heterocycles. The largest absolute Gasteiger partial charge is 0.497 e. The Bertz CT molecular complexity index is 764. The van der Waals surface area contributed by atoms with E-state index >= 15 is 0 Å². The van der Waals surface area contributed by atoms with Crippen molar-refractivity contribution >= 4 is 11.6 Å². The van der Waals surface area contributed by atoms with Crippen LogP contribution in [0.4, 0.5) is 5.69 Å². The third-order valence-electron chi connectivity index (χ3n) is 5.30. The maximum Gasteiger partial charge on any atom is 0.259 e. The van der Waals surface area contributed by atoms with Gasteiger partial charge in [-0.05, 0) is 62.5 Å². The van der Waals surface area contributed by atoms with E-state index in [1.165, 1.54) is 0 Å². The molecule has 2 heterocycles. The molecule has 3 rings (SSSR count). The highest BCUT2D eigenvalue weighted by Gasteiger charge is 2.23. The molecule has 0 saturated carbocycles. The van der Waals surface area contributed by atoms with Crippen LogP contribution in [0.2, 0.25) is 0 Å². The molecule has 7 nitrogen and oxygen atoms in total. The van der Waals surface area contributed by atoms with Crippen molar-refractivity contribution in [1.29, 1.82) is 0 Å². The number of piperidine rings is 1. The Balaban J connectivity index is 1.60. The molecule has 0 spiro atoms. The molecule has 1 saturated heterocycles. The zero-order valence-corrected chi connectivity index (χ0v) is 17.0. The molecule has 1 aliphatic rings. The fourth-order valence-electron chi connectivity index (χ4n) is 3.66. The average Bonchev–Trinajstić information content (AvgIpc) is 3.08. The lowest BCUT2D eigenvalue weighted by Crippen LogP contribution is -2.36. The quantitative estimate of drug-likeness (QED) is 0.755. The van der Waals surface area contributed by atoms with E-state index in [0.29, 0.717) is 11.5 Å². The molecule has 0 aliphatic carbocycles. The van der Waals surface area contributed by atoms with Gasteiger partial charge in [-0.15, -0.1) is 0 Å². The molecule has 2 aromatic rings. The third kappa shape index (κ3) is 5.33. The van der Waals surface area contributed by atoms with Crippen LogP contribution in [0.3, 0.4) is 0 Å². The first-order valence-corrected chi connectivity index (χ1v) is 9.78. The number of carbonyl (C=O) groups excluding carboxylic acids is 1. The number of ether oxygens (including phenoxy) is 2. The topological polar surface area (TPSA) is 68.6 Å². The molecule has 1 amide bonds. The molecule has 28 heavy (non-hydrogen) atoms. The van der Waals surface area contributed by atoms with E-state index in [-0.39, 0.29) is 5.91 Å². The number of anilines is 1. The van der Waals surface area contributed by atoms with Crippen LogP contribution in [0, 0.1) is 5.92 Å². The van der Waals surface area contributed by atoms with Crippen molar-refractivity contribution in [3.8, 4) is 5.75 Å². The summed E-state index contributed by atoms with van der Waals surface area (Å²) in [6.45, 7) is 3.92. The lowest BCUT2D eigenvalue weighted by atomic mass is 9.91. The van der Waals surface area contributed by atoms with Gasteiger partial charge in [-0.25, -0.2) is 0 Å². The summed E-state index contributed by atoms with van der Waals surface area (Å²) in [6.07, 6.45) is 4.89. The number of nitrogens with one attached hydrogen (secondary N) is 1. The number of aryl methyl sites for hydroxylation is 1. The van der Waals surface area contributed by atoms with Gasteiger partial charge < -0.3 is 19.7 Å². The van der Waals surface area contributed by atoms with Crippen LogP contribution in [-0.4, -0.2) is 61.0 Å². The van der Waals surface area contributed by atoms with Gasteiger partial charge >= 0.3 is 0 Å². The normalized spacial score (nSPS) is 15.5. The van der Waals surface area contributed by atoms with Crippen LogP contribution in [0.1, 0.15) is 28.9 Å². The van der Waals surface area contributed by atoms with E-state index in [9.17, 15) is 4.79 Å². The van der Waals surface area contributed by atoms with E-state index in [2.05, 4.69) is 15.3 Å². The van der Waals surface area contributed by atoms with Crippen LogP contribution in [0.15, 0.2) is 30.5 Å². The fourth-order valence-corrected chi connectivity index (χ4v) is 3.66. The van der Waals surface area contributed by atoms with Gasteiger partial charge in [-0.3, -0.25) is 9.48 Å². The molecule has 1 aromatic carbocycles. The molecule has 1 N–H and O–H groups in total. The van der Waals surface area contributed by atoms with Crippen LogP contribution in [0.25, 0.3) is 0 Å².